The Labute approximate surface area is 105 Å². The number of benzene rings is 1. The Morgan fingerprint density at radius 3 is 2.82 bits per heavy atom. The minimum atomic E-state index is -0.866. The first-order valence-corrected chi connectivity index (χ1v) is 6.10. The van der Waals surface area contributed by atoms with E-state index in [9.17, 15) is 4.79 Å². The Bertz CT molecular complexity index is 454. The number of rotatable bonds is 3. The highest BCUT2D eigenvalue weighted by atomic mass is 35.5. The Balaban J connectivity index is 2.51. The SMILES string of the molecule is COc1c(CC(=O)O)cc2c(c1Cl)CCCC2. The van der Waals surface area contributed by atoms with Crippen LogP contribution in [0.3, 0.4) is 0 Å². The van der Waals surface area contributed by atoms with Crippen molar-refractivity contribution in [2.24, 2.45) is 0 Å². The van der Waals surface area contributed by atoms with Gasteiger partial charge in [-0.25, -0.2) is 0 Å². The summed E-state index contributed by atoms with van der Waals surface area (Å²) in [4.78, 5) is 10.8. The van der Waals surface area contributed by atoms with E-state index in [0.717, 1.165) is 31.2 Å². The molecule has 0 saturated carbocycles. The number of fused-ring (bicyclic) bond motifs is 1. The smallest absolute Gasteiger partial charge is 0.307 e. The number of ether oxygens (including phenoxy) is 1. The normalized spacial score (nSPS) is 14.2. The Morgan fingerprint density at radius 2 is 2.18 bits per heavy atom. The van der Waals surface area contributed by atoms with E-state index in [0.29, 0.717) is 16.3 Å². The molecule has 92 valence electrons. The topological polar surface area (TPSA) is 46.5 Å². The predicted molar refractivity (Wildman–Crippen MR) is 66.0 cm³/mol. The third kappa shape index (κ3) is 2.39. The van der Waals surface area contributed by atoms with E-state index in [1.807, 2.05) is 6.07 Å². The molecule has 0 unspecified atom stereocenters. The largest absolute Gasteiger partial charge is 0.495 e. The van der Waals surface area contributed by atoms with Gasteiger partial charge in [0.2, 0.25) is 0 Å². The summed E-state index contributed by atoms with van der Waals surface area (Å²) in [6, 6.07) is 1.94. The monoisotopic (exact) mass is 254 g/mol. The Morgan fingerprint density at radius 1 is 1.47 bits per heavy atom. The molecule has 0 aliphatic heterocycles. The maximum Gasteiger partial charge on any atom is 0.307 e. The van der Waals surface area contributed by atoms with Gasteiger partial charge in [-0.2, -0.15) is 0 Å². The average molecular weight is 255 g/mol. The molecule has 0 saturated heterocycles. The zero-order valence-corrected chi connectivity index (χ0v) is 10.5. The van der Waals surface area contributed by atoms with Crippen LogP contribution in [0.5, 0.6) is 5.75 Å². The number of hydrogen-bond acceptors (Lipinski definition) is 2. The maximum absolute atomic E-state index is 10.8. The fraction of sp³-hybridized carbons (Fsp3) is 0.462. The van der Waals surface area contributed by atoms with Crippen molar-refractivity contribution >= 4 is 17.6 Å². The van der Waals surface area contributed by atoms with Gasteiger partial charge in [0, 0.05) is 5.56 Å². The molecule has 1 N–H and O–H groups in total. The van der Waals surface area contributed by atoms with Gasteiger partial charge in [0.05, 0.1) is 18.6 Å². The average Bonchev–Trinajstić information content (AvgIpc) is 2.29. The van der Waals surface area contributed by atoms with Crippen LogP contribution in [0.2, 0.25) is 5.02 Å². The highest BCUT2D eigenvalue weighted by Crippen LogP contribution is 2.38. The quantitative estimate of drug-likeness (QED) is 0.902. The number of carbonyl (C=O) groups is 1. The van der Waals surface area contributed by atoms with Crippen LogP contribution in [0, 0.1) is 0 Å². The summed E-state index contributed by atoms with van der Waals surface area (Å²) in [7, 11) is 1.53. The maximum atomic E-state index is 10.8. The number of carboxylic acid groups (broad SMARTS) is 1. The van der Waals surface area contributed by atoms with E-state index < -0.39 is 5.97 Å². The van der Waals surface area contributed by atoms with Crippen molar-refractivity contribution in [1.82, 2.24) is 0 Å². The van der Waals surface area contributed by atoms with Crippen molar-refractivity contribution in [3.8, 4) is 5.75 Å². The highest BCUT2D eigenvalue weighted by molar-refractivity contribution is 6.33. The molecule has 1 aliphatic carbocycles. The molecule has 1 aliphatic rings. The van der Waals surface area contributed by atoms with Crippen molar-refractivity contribution < 1.29 is 14.6 Å². The van der Waals surface area contributed by atoms with Gasteiger partial charge in [-0.3, -0.25) is 4.79 Å². The second kappa shape index (κ2) is 4.96. The lowest BCUT2D eigenvalue weighted by atomic mass is 9.89. The zero-order valence-electron chi connectivity index (χ0n) is 9.75. The van der Waals surface area contributed by atoms with E-state index in [-0.39, 0.29) is 6.42 Å². The highest BCUT2D eigenvalue weighted by Gasteiger charge is 2.20. The first-order chi connectivity index (χ1) is 8.13. The van der Waals surface area contributed by atoms with Crippen molar-refractivity contribution in [3.05, 3.63) is 27.8 Å². The molecule has 0 atom stereocenters. The lowest BCUT2D eigenvalue weighted by molar-refractivity contribution is -0.136. The number of aliphatic carboxylic acids is 1. The molecule has 2 rings (SSSR count). The predicted octanol–water partition coefficient (Wildman–Crippen LogP) is 2.85. The van der Waals surface area contributed by atoms with Crippen LogP contribution >= 0.6 is 11.6 Å². The minimum absolute atomic E-state index is 0.0455. The molecule has 0 amide bonds. The van der Waals surface area contributed by atoms with E-state index >= 15 is 0 Å². The first-order valence-electron chi connectivity index (χ1n) is 5.72. The number of methoxy groups -OCH3 is 1. The van der Waals surface area contributed by atoms with Crippen molar-refractivity contribution in [3.63, 3.8) is 0 Å². The van der Waals surface area contributed by atoms with E-state index in [4.69, 9.17) is 21.4 Å². The van der Waals surface area contributed by atoms with Crippen molar-refractivity contribution in [2.75, 3.05) is 7.11 Å². The molecule has 17 heavy (non-hydrogen) atoms. The van der Waals surface area contributed by atoms with E-state index in [2.05, 4.69) is 0 Å². The number of halogens is 1. The second-order valence-electron chi connectivity index (χ2n) is 4.30. The third-order valence-electron chi connectivity index (χ3n) is 3.16. The van der Waals surface area contributed by atoms with Gasteiger partial charge >= 0.3 is 5.97 Å². The lowest BCUT2D eigenvalue weighted by Gasteiger charge is -2.21. The summed E-state index contributed by atoms with van der Waals surface area (Å²) in [5, 5.41) is 9.48. The van der Waals surface area contributed by atoms with Gasteiger partial charge in [0.15, 0.2) is 0 Å². The van der Waals surface area contributed by atoms with Gasteiger partial charge in [-0.1, -0.05) is 17.7 Å². The fourth-order valence-corrected chi connectivity index (χ4v) is 2.82. The summed E-state index contributed by atoms with van der Waals surface area (Å²) in [5.74, 6) is -0.343. The van der Waals surface area contributed by atoms with Crippen LogP contribution < -0.4 is 4.74 Å². The van der Waals surface area contributed by atoms with Crippen LogP contribution in [-0.4, -0.2) is 18.2 Å². The fourth-order valence-electron chi connectivity index (χ4n) is 2.41. The molecule has 0 radical (unpaired) electrons. The van der Waals surface area contributed by atoms with E-state index in [1.165, 1.54) is 12.7 Å². The van der Waals surface area contributed by atoms with E-state index in [1.54, 1.807) is 0 Å². The minimum Gasteiger partial charge on any atom is -0.495 e. The van der Waals surface area contributed by atoms with Gasteiger partial charge in [0.1, 0.15) is 5.75 Å². The Hall–Kier alpha value is -1.22. The standard InChI is InChI=1S/C13H15ClO3/c1-17-13-9(7-11(15)16)6-8-4-2-3-5-10(8)12(13)14/h6H,2-5,7H2,1H3,(H,15,16). The number of hydrogen-bond donors (Lipinski definition) is 1. The van der Waals surface area contributed by atoms with Crippen LogP contribution in [0.1, 0.15) is 29.5 Å². The number of aryl methyl sites for hydroxylation is 1. The van der Waals surface area contributed by atoms with Gasteiger partial charge in [-0.05, 0) is 36.8 Å². The van der Waals surface area contributed by atoms with Gasteiger partial charge < -0.3 is 9.84 Å². The van der Waals surface area contributed by atoms with Crippen LogP contribution in [-0.2, 0) is 24.1 Å². The zero-order chi connectivity index (χ0) is 12.4. The summed E-state index contributed by atoms with van der Waals surface area (Å²) in [5.41, 5.74) is 2.98. The molecule has 1 aromatic rings. The molecule has 3 nitrogen and oxygen atoms in total. The molecule has 4 heteroatoms. The molecule has 1 aromatic carbocycles. The summed E-state index contributed by atoms with van der Waals surface area (Å²) in [6.07, 6.45) is 4.16. The molecule has 0 bridgehead atoms. The van der Waals surface area contributed by atoms with Crippen LogP contribution in [0.15, 0.2) is 6.07 Å². The van der Waals surface area contributed by atoms with Crippen LogP contribution in [0.4, 0.5) is 0 Å². The van der Waals surface area contributed by atoms with Crippen LogP contribution in [0.25, 0.3) is 0 Å². The Kier molecular flexibility index (Phi) is 3.57. The van der Waals surface area contributed by atoms with Gasteiger partial charge in [-0.15, -0.1) is 0 Å². The summed E-state index contributed by atoms with van der Waals surface area (Å²) >= 11 is 6.30. The van der Waals surface area contributed by atoms with Crippen molar-refractivity contribution in [2.45, 2.75) is 32.1 Å². The molecule has 0 aromatic heterocycles. The molecular weight excluding hydrogens is 240 g/mol. The lowest BCUT2D eigenvalue weighted by Crippen LogP contribution is -2.09. The molecule has 0 spiro atoms. The summed E-state index contributed by atoms with van der Waals surface area (Å²) in [6.45, 7) is 0. The second-order valence-corrected chi connectivity index (χ2v) is 4.68. The molecule has 0 heterocycles. The molecular formula is C13H15ClO3. The molecule has 0 fully saturated rings. The summed E-state index contributed by atoms with van der Waals surface area (Å²) < 4.78 is 5.25. The number of carboxylic acids is 1. The third-order valence-corrected chi connectivity index (χ3v) is 3.56. The van der Waals surface area contributed by atoms with Crippen molar-refractivity contribution in [1.29, 1.82) is 0 Å². The van der Waals surface area contributed by atoms with Gasteiger partial charge in [0.25, 0.3) is 0 Å². The first kappa shape index (κ1) is 12.2.